The van der Waals surface area contributed by atoms with Crippen LogP contribution in [0.3, 0.4) is 0 Å². The third-order valence-corrected chi connectivity index (χ3v) is 7.65. The van der Waals surface area contributed by atoms with Gasteiger partial charge in [-0.3, -0.25) is 4.90 Å². The summed E-state index contributed by atoms with van der Waals surface area (Å²) < 4.78 is 0. The van der Waals surface area contributed by atoms with Gasteiger partial charge in [0.2, 0.25) is 0 Å². The topological polar surface area (TPSA) is 84.2 Å². The number of aliphatic hydroxyl groups excluding tert-OH is 3. The van der Waals surface area contributed by atoms with E-state index in [0.29, 0.717) is 19.3 Å². The fourth-order valence-electron chi connectivity index (χ4n) is 5.78. The Morgan fingerprint density at radius 2 is 1.96 bits per heavy atom. The molecule has 3 aliphatic carbocycles. The molecule has 1 heterocycles. The van der Waals surface area contributed by atoms with Crippen LogP contribution in [0.1, 0.15) is 59.3 Å². The lowest BCUT2D eigenvalue weighted by Crippen LogP contribution is -2.70. The highest BCUT2D eigenvalue weighted by Gasteiger charge is 2.64. The first kappa shape index (κ1) is 18.9. The third-order valence-electron chi connectivity index (χ3n) is 7.65. The van der Waals surface area contributed by atoms with E-state index in [1.54, 1.807) is 6.08 Å². The van der Waals surface area contributed by atoms with E-state index in [-0.39, 0.29) is 29.2 Å². The molecule has 27 heavy (non-hydrogen) atoms. The van der Waals surface area contributed by atoms with E-state index in [1.165, 1.54) is 12.8 Å². The Morgan fingerprint density at radius 1 is 1.26 bits per heavy atom. The second-order valence-electron chi connectivity index (χ2n) is 9.58. The van der Waals surface area contributed by atoms with E-state index in [4.69, 9.17) is 0 Å². The minimum Gasteiger partial charge on any atom is -0.512 e. The number of piperidine rings is 1. The number of aliphatic hydroxyl groups is 4. The van der Waals surface area contributed by atoms with Crippen LogP contribution in [0.15, 0.2) is 34.5 Å². The second kappa shape index (κ2) is 6.28. The van der Waals surface area contributed by atoms with Crippen molar-refractivity contribution < 1.29 is 20.4 Å². The van der Waals surface area contributed by atoms with Crippen LogP contribution in [0.5, 0.6) is 0 Å². The first-order valence-corrected chi connectivity index (χ1v) is 10.3. The maximum absolute atomic E-state index is 11.9. The van der Waals surface area contributed by atoms with E-state index in [9.17, 15) is 20.4 Å². The lowest BCUT2D eigenvalue weighted by atomic mass is 9.49. The molecular formula is C22H33NO4. The molecule has 0 amide bonds. The Balaban J connectivity index is 1.82. The largest absolute Gasteiger partial charge is 0.512 e. The van der Waals surface area contributed by atoms with Gasteiger partial charge in [0.1, 0.15) is 0 Å². The summed E-state index contributed by atoms with van der Waals surface area (Å²) in [6, 6.07) is 0.00649. The molecule has 4 aliphatic rings. The quantitative estimate of drug-likeness (QED) is 0.555. The number of nitrogens with zero attached hydrogens (tertiary/aromatic N) is 1. The molecule has 4 unspecified atom stereocenters. The molecule has 4 rings (SSSR count). The Morgan fingerprint density at radius 3 is 2.59 bits per heavy atom. The van der Waals surface area contributed by atoms with Gasteiger partial charge >= 0.3 is 0 Å². The van der Waals surface area contributed by atoms with Crippen LogP contribution < -0.4 is 0 Å². The van der Waals surface area contributed by atoms with Gasteiger partial charge in [-0.2, -0.15) is 0 Å². The molecule has 0 aromatic heterocycles. The lowest BCUT2D eigenvalue weighted by molar-refractivity contribution is -0.175. The molecule has 2 saturated carbocycles. The van der Waals surface area contributed by atoms with E-state index in [1.807, 2.05) is 20.8 Å². The Hall–Kier alpha value is -1.46. The van der Waals surface area contributed by atoms with E-state index < -0.39 is 11.0 Å². The van der Waals surface area contributed by atoms with Gasteiger partial charge in [0.05, 0.1) is 11.4 Å². The summed E-state index contributed by atoms with van der Waals surface area (Å²) in [6.45, 7) is 7.49. The van der Waals surface area contributed by atoms with Gasteiger partial charge in [0.25, 0.3) is 0 Å². The van der Waals surface area contributed by atoms with E-state index in [0.717, 1.165) is 36.6 Å². The molecule has 0 aromatic rings. The number of fused-ring (bicyclic) bond motifs is 4. The van der Waals surface area contributed by atoms with Crippen molar-refractivity contribution in [2.45, 2.75) is 70.9 Å². The van der Waals surface area contributed by atoms with Crippen molar-refractivity contribution in [3.8, 4) is 0 Å². The van der Waals surface area contributed by atoms with Gasteiger partial charge in [0, 0.05) is 24.4 Å². The van der Waals surface area contributed by atoms with Crippen molar-refractivity contribution in [1.82, 2.24) is 4.90 Å². The summed E-state index contributed by atoms with van der Waals surface area (Å²) in [5, 5.41) is 43.5. The molecule has 1 saturated heterocycles. The first-order valence-electron chi connectivity index (χ1n) is 10.3. The lowest BCUT2D eigenvalue weighted by Gasteiger charge is -2.63. The third kappa shape index (κ3) is 2.82. The van der Waals surface area contributed by atoms with Crippen LogP contribution in [-0.2, 0) is 0 Å². The zero-order valence-electron chi connectivity index (χ0n) is 16.7. The summed E-state index contributed by atoms with van der Waals surface area (Å²) in [6.07, 6.45) is 6.68. The number of hydrogen-bond acceptors (Lipinski definition) is 5. The van der Waals surface area contributed by atoms with Crippen LogP contribution >= 0.6 is 0 Å². The highest BCUT2D eigenvalue weighted by Crippen LogP contribution is 2.62. The number of rotatable bonds is 4. The SMILES string of the molecule is CC(C)=C(O)CC12CCN(CC3CC3)C(CC3CC=C(O)C(O)=C31)C2(C)O. The van der Waals surface area contributed by atoms with E-state index in [2.05, 4.69) is 4.90 Å². The molecule has 0 radical (unpaired) electrons. The monoisotopic (exact) mass is 375 g/mol. The predicted molar refractivity (Wildman–Crippen MR) is 104 cm³/mol. The first-order chi connectivity index (χ1) is 12.7. The molecule has 2 bridgehead atoms. The predicted octanol–water partition coefficient (Wildman–Crippen LogP) is 4.13. The summed E-state index contributed by atoms with van der Waals surface area (Å²) >= 11 is 0. The van der Waals surface area contributed by atoms with Crippen molar-refractivity contribution in [3.63, 3.8) is 0 Å². The average molecular weight is 376 g/mol. The van der Waals surface area contributed by atoms with Crippen molar-refractivity contribution in [2.24, 2.45) is 17.3 Å². The summed E-state index contributed by atoms with van der Waals surface area (Å²) in [5.74, 6) is 0.951. The number of likely N-dealkylation sites (tertiary alicyclic amines) is 1. The maximum atomic E-state index is 11.9. The molecule has 4 atom stereocenters. The van der Waals surface area contributed by atoms with Crippen molar-refractivity contribution in [3.05, 3.63) is 34.5 Å². The summed E-state index contributed by atoms with van der Waals surface area (Å²) in [5.41, 5.74) is -0.257. The smallest absolute Gasteiger partial charge is 0.157 e. The zero-order valence-corrected chi connectivity index (χ0v) is 16.7. The molecular weight excluding hydrogens is 342 g/mol. The van der Waals surface area contributed by atoms with Gasteiger partial charge in [-0.05, 0) is 88.5 Å². The molecule has 4 N–H and O–H groups in total. The normalized spacial score (nSPS) is 39.0. The van der Waals surface area contributed by atoms with Crippen molar-refractivity contribution in [1.29, 1.82) is 0 Å². The van der Waals surface area contributed by atoms with Gasteiger partial charge in [-0.1, -0.05) is 0 Å². The highest BCUT2D eigenvalue weighted by molar-refractivity contribution is 5.42. The van der Waals surface area contributed by atoms with Gasteiger partial charge in [-0.25, -0.2) is 0 Å². The molecule has 5 nitrogen and oxygen atoms in total. The zero-order chi connectivity index (χ0) is 19.6. The molecule has 0 aromatic carbocycles. The van der Waals surface area contributed by atoms with Crippen molar-refractivity contribution >= 4 is 0 Å². The number of allylic oxidation sites excluding steroid dienone is 3. The van der Waals surface area contributed by atoms with Gasteiger partial charge in [0.15, 0.2) is 11.5 Å². The standard InChI is InChI=1S/C22H33NO4/c1-13(2)17(25)11-22-8-9-23(12-14-4-5-14)18(21(22,3)27)10-15-6-7-16(24)20(26)19(15)22/h7,14-15,18,24-27H,4-6,8-12H2,1-3H3. The van der Waals surface area contributed by atoms with Crippen LogP contribution in [-0.4, -0.2) is 50.1 Å². The molecule has 3 fully saturated rings. The minimum atomic E-state index is -1.08. The molecule has 0 spiro atoms. The molecule has 1 aliphatic heterocycles. The van der Waals surface area contributed by atoms with Gasteiger partial charge < -0.3 is 20.4 Å². The number of hydrogen-bond donors (Lipinski definition) is 4. The second-order valence-corrected chi connectivity index (χ2v) is 9.58. The van der Waals surface area contributed by atoms with Crippen LogP contribution in [0.2, 0.25) is 0 Å². The highest BCUT2D eigenvalue weighted by atomic mass is 16.3. The van der Waals surface area contributed by atoms with Crippen LogP contribution in [0.25, 0.3) is 0 Å². The fourth-order valence-corrected chi connectivity index (χ4v) is 5.78. The maximum Gasteiger partial charge on any atom is 0.157 e. The van der Waals surface area contributed by atoms with Gasteiger partial charge in [-0.15, -0.1) is 0 Å². The summed E-state index contributed by atoms with van der Waals surface area (Å²) in [7, 11) is 0. The summed E-state index contributed by atoms with van der Waals surface area (Å²) in [4.78, 5) is 2.45. The van der Waals surface area contributed by atoms with E-state index >= 15 is 0 Å². The molecule has 5 heteroatoms. The Labute approximate surface area is 161 Å². The Kier molecular flexibility index (Phi) is 4.39. The molecule has 150 valence electrons. The average Bonchev–Trinajstić information content (AvgIpc) is 3.39. The fraction of sp³-hybridized carbons (Fsp3) is 0.727. The van der Waals surface area contributed by atoms with Crippen LogP contribution in [0, 0.1) is 17.3 Å². The minimum absolute atomic E-state index is 0.00649. The Bertz CT molecular complexity index is 727. The van der Waals surface area contributed by atoms with Crippen molar-refractivity contribution in [2.75, 3.05) is 13.1 Å². The van der Waals surface area contributed by atoms with Crippen LogP contribution in [0.4, 0.5) is 0 Å².